The molecule has 9 heteroatoms. The Morgan fingerprint density at radius 1 is 0.879 bits per heavy atom. The predicted octanol–water partition coefficient (Wildman–Crippen LogP) is 3.75. The highest BCUT2D eigenvalue weighted by atomic mass is 35.5. The number of halogens is 1. The van der Waals surface area contributed by atoms with E-state index in [-0.39, 0.29) is 6.61 Å². The first-order chi connectivity index (χ1) is 15.9. The van der Waals surface area contributed by atoms with Crippen molar-refractivity contribution in [3.05, 3.63) is 88.9 Å². The molecule has 0 aliphatic heterocycles. The summed E-state index contributed by atoms with van der Waals surface area (Å²) in [6.45, 7) is 1.55. The van der Waals surface area contributed by atoms with Crippen LogP contribution in [0.4, 0.5) is 11.4 Å². The van der Waals surface area contributed by atoms with E-state index in [2.05, 4.69) is 21.2 Å². The molecule has 0 saturated carbocycles. The number of hydrogen-bond donors (Lipinski definition) is 3. The van der Waals surface area contributed by atoms with Crippen LogP contribution >= 0.6 is 11.6 Å². The minimum atomic E-state index is -0.924. The van der Waals surface area contributed by atoms with Crippen LogP contribution in [0.15, 0.2) is 77.9 Å². The molecule has 0 bridgehead atoms. The number of anilines is 2. The Hall–Kier alpha value is -4.17. The van der Waals surface area contributed by atoms with Crippen LogP contribution in [-0.2, 0) is 14.4 Å². The minimum absolute atomic E-state index is 0.263. The molecular weight excluding hydrogens is 444 g/mol. The van der Waals surface area contributed by atoms with Gasteiger partial charge in [-0.1, -0.05) is 54.1 Å². The van der Waals surface area contributed by atoms with Crippen molar-refractivity contribution < 1.29 is 19.1 Å². The van der Waals surface area contributed by atoms with Crippen molar-refractivity contribution in [3.63, 3.8) is 0 Å². The first kappa shape index (κ1) is 23.5. The van der Waals surface area contributed by atoms with Crippen molar-refractivity contribution >= 4 is 46.9 Å². The van der Waals surface area contributed by atoms with E-state index >= 15 is 0 Å². The Kier molecular flexibility index (Phi) is 8.15. The largest absolute Gasteiger partial charge is 0.483 e. The number of para-hydroxylation sites is 3. The van der Waals surface area contributed by atoms with Gasteiger partial charge < -0.3 is 15.4 Å². The average molecular weight is 465 g/mol. The Balaban J connectivity index is 1.54. The maximum Gasteiger partial charge on any atom is 0.329 e. The topological polar surface area (TPSA) is 109 Å². The predicted molar refractivity (Wildman–Crippen MR) is 128 cm³/mol. The van der Waals surface area contributed by atoms with Crippen LogP contribution in [0.3, 0.4) is 0 Å². The number of aryl methyl sites for hydroxylation is 1. The highest BCUT2D eigenvalue weighted by Gasteiger charge is 2.14. The maximum absolute atomic E-state index is 12.2. The summed E-state index contributed by atoms with van der Waals surface area (Å²) in [4.78, 5) is 36.2. The van der Waals surface area contributed by atoms with Crippen molar-refractivity contribution in [2.45, 2.75) is 6.92 Å². The zero-order valence-electron chi connectivity index (χ0n) is 17.7. The third-order valence-corrected chi connectivity index (χ3v) is 4.72. The van der Waals surface area contributed by atoms with Crippen LogP contribution in [0.2, 0.25) is 5.02 Å². The standard InChI is InChI=1S/C24H21ClN4O4/c1-16-8-2-5-11-19(16)28-23(31)24(32)29-26-14-17-9-3-7-13-21(17)33-15-22(30)27-20-12-6-4-10-18(20)25/h2-14H,15H2,1H3,(H,27,30)(H,28,31)(H,29,32)/b26-14-. The second-order valence-corrected chi connectivity index (χ2v) is 7.23. The van der Waals surface area contributed by atoms with Crippen molar-refractivity contribution in [2.24, 2.45) is 5.10 Å². The van der Waals surface area contributed by atoms with Gasteiger partial charge in [0.05, 0.1) is 16.9 Å². The third-order valence-electron chi connectivity index (χ3n) is 4.39. The first-order valence-corrected chi connectivity index (χ1v) is 10.3. The van der Waals surface area contributed by atoms with Gasteiger partial charge in [0.1, 0.15) is 5.75 Å². The fraction of sp³-hybridized carbons (Fsp3) is 0.0833. The summed E-state index contributed by atoms with van der Waals surface area (Å²) < 4.78 is 5.57. The number of ether oxygens (including phenoxy) is 1. The lowest BCUT2D eigenvalue weighted by Gasteiger charge is -2.10. The number of carbonyl (C=O) groups excluding carboxylic acids is 3. The summed E-state index contributed by atoms with van der Waals surface area (Å²) in [6.07, 6.45) is 1.32. The van der Waals surface area contributed by atoms with Crippen molar-refractivity contribution in [2.75, 3.05) is 17.2 Å². The van der Waals surface area contributed by atoms with E-state index in [1.54, 1.807) is 60.7 Å². The molecule has 0 fully saturated rings. The van der Waals surface area contributed by atoms with Crippen LogP contribution in [0.25, 0.3) is 0 Å². The Morgan fingerprint density at radius 2 is 1.55 bits per heavy atom. The van der Waals surface area contributed by atoms with E-state index in [0.717, 1.165) is 5.56 Å². The number of nitrogens with zero attached hydrogens (tertiary/aromatic N) is 1. The molecule has 0 saturated heterocycles. The zero-order valence-corrected chi connectivity index (χ0v) is 18.4. The first-order valence-electron chi connectivity index (χ1n) is 9.90. The summed E-state index contributed by atoms with van der Waals surface area (Å²) in [5, 5.41) is 9.41. The number of hydrogen-bond acceptors (Lipinski definition) is 5. The number of carbonyl (C=O) groups is 3. The number of rotatable bonds is 7. The number of nitrogens with one attached hydrogen (secondary N) is 3. The molecule has 0 aliphatic rings. The molecule has 3 rings (SSSR count). The molecule has 8 nitrogen and oxygen atoms in total. The number of amides is 3. The molecule has 0 atom stereocenters. The van der Waals surface area contributed by atoms with Gasteiger partial charge in [-0.25, -0.2) is 5.43 Å². The molecule has 0 radical (unpaired) electrons. The molecular formula is C24H21ClN4O4. The fourth-order valence-corrected chi connectivity index (χ4v) is 2.90. The Labute approximate surface area is 195 Å². The van der Waals surface area contributed by atoms with E-state index in [1.807, 2.05) is 19.1 Å². The lowest BCUT2D eigenvalue weighted by Crippen LogP contribution is -2.32. The molecule has 0 heterocycles. The molecule has 0 aliphatic carbocycles. The highest BCUT2D eigenvalue weighted by molar-refractivity contribution is 6.39. The van der Waals surface area contributed by atoms with Crippen LogP contribution in [0.1, 0.15) is 11.1 Å². The molecule has 0 unspecified atom stereocenters. The smallest absolute Gasteiger partial charge is 0.329 e. The monoisotopic (exact) mass is 464 g/mol. The molecule has 168 valence electrons. The van der Waals surface area contributed by atoms with E-state index in [1.165, 1.54) is 6.21 Å². The number of benzene rings is 3. The van der Waals surface area contributed by atoms with Crippen molar-refractivity contribution in [1.29, 1.82) is 0 Å². The van der Waals surface area contributed by atoms with Gasteiger partial charge in [-0.05, 0) is 42.8 Å². The summed E-state index contributed by atoms with van der Waals surface area (Å²) in [5.41, 5.74) is 4.52. The van der Waals surface area contributed by atoms with E-state index in [4.69, 9.17) is 16.3 Å². The molecule has 0 spiro atoms. The van der Waals surface area contributed by atoms with Gasteiger partial charge >= 0.3 is 11.8 Å². The van der Waals surface area contributed by atoms with Gasteiger partial charge in [-0.3, -0.25) is 14.4 Å². The van der Waals surface area contributed by atoms with Gasteiger partial charge in [-0.15, -0.1) is 0 Å². The lowest BCUT2D eigenvalue weighted by atomic mass is 10.2. The summed E-state index contributed by atoms with van der Waals surface area (Å²) in [7, 11) is 0. The minimum Gasteiger partial charge on any atom is -0.483 e. The fourth-order valence-electron chi connectivity index (χ4n) is 2.71. The molecule has 3 aromatic carbocycles. The lowest BCUT2D eigenvalue weighted by molar-refractivity contribution is -0.136. The normalized spacial score (nSPS) is 10.5. The summed E-state index contributed by atoms with van der Waals surface area (Å²) in [6, 6.07) is 20.8. The van der Waals surface area contributed by atoms with E-state index < -0.39 is 17.7 Å². The van der Waals surface area contributed by atoms with Crippen LogP contribution < -0.4 is 20.8 Å². The Bertz CT molecular complexity index is 1200. The van der Waals surface area contributed by atoms with Gasteiger partial charge in [0, 0.05) is 11.3 Å². The van der Waals surface area contributed by atoms with Gasteiger partial charge in [-0.2, -0.15) is 5.10 Å². The highest BCUT2D eigenvalue weighted by Crippen LogP contribution is 2.21. The zero-order chi connectivity index (χ0) is 23.6. The maximum atomic E-state index is 12.2. The number of hydrazone groups is 1. The van der Waals surface area contributed by atoms with E-state index in [0.29, 0.717) is 27.7 Å². The Morgan fingerprint density at radius 3 is 2.30 bits per heavy atom. The second kappa shape index (κ2) is 11.4. The molecule has 3 N–H and O–H groups in total. The second-order valence-electron chi connectivity index (χ2n) is 6.82. The average Bonchev–Trinajstić information content (AvgIpc) is 2.81. The van der Waals surface area contributed by atoms with Gasteiger partial charge in [0.25, 0.3) is 5.91 Å². The van der Waals surface area contributed by atoms with Crippen molar-refractivity contribution in [3.8, 4) is 5.75 Å². The molecule has 3 aromatic rings. The molecule has 33 heavy (non-hydrogen) atoms. The SMILES string of the molecule is Cc1ccccc1NC(=O)C(=O)N/N=C\c1ccccc1OCC(=O)Nc1ccccc1Cl. The van der Waals surface area contributed by atoms with E-state index in [9.17, 15) is 14.4 Å². The molecule has 0 aromatic heterocycles. The van der Waals surface area contributed by atoms with Crippen LogP contribution in [-0.4, -0.2) is 30.5 Å². The van der Waals surface area contributed by atoms with Crippen LogP contribution in [0, 0.1) is 6.92 Å². The molecule has 3 amide bonds. The summed E-state index contributed by atoms with van der Waals surface area (Å²) >= 11 is 6.03. The summed E-state index contributed by atoms with van der Waals surface area (Å²) in [5.74, 6) is -1.79. The van der Waals surface area contributed by atoms with Crippen molar-refractivity contribution in [1.82, 2.24) is 5.43 Å². The quantitative estimate of drug-likeness (QED) is 0.281. The third kappa shape index (κ3) is 6.91. The van der Waals surface area contributed by atoms with Gasteiger partial charge in [0.15, 0.2) is 6.61 Å². The van der Waals surface area contributed by atoms with Gasteiger partial charge in [0.2, 0.25) is 0 Å². The van der Waals surface area contributed by atoms with Crippen LogP contribution in [0.5, 0.6) is 5.75 Å².